The zero-order chi connectivity index (χ0) is 21.6. The number of hydrogen-bond donors (Lipinski definition) is 2. The number of benzene rings is 1. The van der Waals surface area contributed by atoms with Crippen molar-refractivity contribution < 1.29 is 4.79 Å². The molecule has 0 spiro atoms. The van der Waals surface area contributed by atoms with Crippen LogP contribution in [0.4, 0.5) is 5.95 Å². The fourth-order valence-electron chi connectivity index (χ4n) is 3.56. The second-order valence-corrected chi connectivity index (χ2v) is 7.73. The third kappa shape index (κ3) is 5.04. The van der Waals surface area contributed by atoms with Crippen LogP contribution < -0.4 is 15.8 Å². The summed E-state index contributed by atoms with van der Waals surface area (Å²) in [5.74, 6) is 0.647. The fourth-order valence-corrected chi connectivity index (χ4v) is 3.56. The van der Waals surface area contributed by atoms with Crippen LogP contribution in [-0.2, 0) is 17.9 Å². The van der Waals surface area contributed by atoms with E-state index in [1.807, 2.05) is 72.4 Å². The Bertz CT molecular complexity index is 1000. The first-order valence-corrected chi connectivity index (χ1v) is 10.4. The smallest absolute Gasteiger partial charge is 0.241 e. The first-order chi connectivity index (χ1) is 15.1. The maximum absolute atomic E-state index is 13.4. The molecule has 8 nitrogen and oxygen atoms in total. The number of carbonyl (C=O) groups is 1. The minimum atomic E-state index is -0.253. The molecule has 0 bridgehead atoms. The quantitative estimate of drug-likeness (QED) is 0.608. The van der Waals surface area contributed by atoms with Gasteiger partial charge in [-0.25, -0.2) is 15.4 Å². The van der Waals surface area contributed by atoms with Gasteiger partial charge in [0.2, 0.25) is 11.9 Å². The van der Waals surface area contributed by atoms with Crippen molar-refractivity contribution in [3.8, 4) is 11.3 Å². The first-order valence-electron chi connectivity index (χ1n) is 10.4. The largest absolute Gasteiger partial charge is 0.347 e. The fraction of sp³-hybridized carbons (Fsp3) is 0.304. The molecule has 160 valence electrons. The summed E-state index contributed by atoms with van der Waals surface area (Å²) in [6, 6.07) is 15.5. The molecule has 2 N–H and O–H groups in total. The Kier molecular flexibility index (Phi) is 6.49. The summed E-state index contributed by atoms with van der Waals surface area (Å²) in [6.07, 6.45) is 4.30. The minimum Gasteiger partial charge on any atom is -0.347 e. The summed E-state index contributed by atoms with van der Waals surface area (Å²) < 4.78 is 0. The average molecular weight is 418 g/mol. The molecule has 3 heterocycles. The summed E-state index contributed by atoms with van der Waals surface area (Å²) in [4.78, 5) is 30.8. The molecule has 1 atom stereocenters. The van der Waals surface area contributed by atoms with E-state index >= 15 is 0 Å². The molecule has 1 saturated heterocycles. The lowest BCUT2D eigenvalue weighted by molar-refractivity contribution is -0.134. The maximum atomic E-state index is 13.4. The van der Waals surface area contributed by atoms with Crippen LogP contribution in [0.25, 0.3) is 11.3 Å². The summed E-state index contributed by atoms with van der Waals surface area (Å²) in [5.41, 5.74) is 9.61. The van der Waals surface area contributed by atoms with Crippen LogP contribution >= 0.6 is 0 Å². The molecule has 1 aromatic carbocycles. The summed E-state index contributed by atoms with van der Waals surface area (Å²) >= 11 is 0. The van der Waals surface area contributed by atoms with Gasteiger partial charge in [-0.15, -0.1) is 0 Å². The van der Waals surface area contributed by atoms with Crippen LogP contribution in [0.15, 0.2) is 60.9 Å². The highest BCUT2D eigenvalue weighted by Gasteiger charge is 2.28. The van der Waals surface area contributed by atoms with Gasteiger partial charge >= 0.3 is 0 Å². The van der Waals surface area contributed by atoms with Crippen LogP contribution in [-0.4, -0.2) is 52.4 Å². The number of anilines is 1. The van der Waals surface area contributed by atoms with Gasteiger partial charge in [-0.1, -0.05) is 36.4 Å². The maximum Gasteiger partial charge on any atom is 0.241 e. The lowest BCUT2D eigenvalue weighted by Gasteiger charge is -2.26. The van der Waals surface area contributed by atoms with Gasteiger partial charge in [-0.05, 0) is 24.1 Å². The molecule has 8 heteroatoms. The molecule has 1 aliphatic rings. The van der Waals surface area contributed by atoms with Crippen LogP contribution in [0.2, 0.25) is 0 Å². The summed E-state index contributed by atoms with van der Waals surface area (Å²) in [7, 11) is 3.81. The molecule has 2 aromatic heterocycles. The van der Waals surface area contributed by atoms with E-state index in [-0.39, 0.29) is 11.9 Å². The highest BCUT2D eigenvalue weighted by molar-refractivity contribution is 5.82. The number of hydrogen-bond acceptors (Lipinski definition) is 7. The van der Waals surface area contributed by atoms with Crippen molar-refractivity contribution in [1.29, 1.82) is 0 Å². The van der Waals surface area contributed by atoms with E-state index < -0.39 is 0 Å². The van der Waals surface area contributed by atoms with Crippen LogP contribution in [0.5, 0.6) is 0 Å². The van der Waals surface area contributed by atoms with E-state index in [0.29, 0.717) is 19.0 Å². The Balaban J connectivity index is 1.70. The van der Waals surface area contributed by atoms with Gasteiger partial charge in [-0.2, -0.15) is 0 Å². The molecule has 1 amide bonds. The number of nitrogens with zero attached hydrogens (tertiary/aromatic N) is 5. The van der Waals surface area contributed by atoms with Crippen molar-refractivity contribution in [2.75, 3.05) is 25.5 Å². The lowest BCUT2D eigenvalue weighted by atomic mass is 10.1. The van der Waals surface area contributed by atoms with Crippen molar-refractivity contribution in [3.63, 3.8) is 0 Å². The van der Waals surface area contributed by atoms with E-state index in [0.717, 1.165) is 35.5 Å². The zero-order valence-electron chi connectivity index (χ0n) is 17.8. The lowest BCUT2D eigenvalue weighted by Crippen LogP contribution is -2.45. The van der Waals surface area contributed by atoms with E-state index in [2.05, 4.69) is 20.8 Å². The number of aromatic nitrogens is 3. The second-order valence-electron chi connectivity index (χ2n) is 7.73. The van der Waals surface area contributed by atoms with Crippen molar-refractivity contribution in [2.24, 2.45) is 0 Å². The number of rotatable bonds is 7. The molecule has 1 unspecified atom stereocenters. The van der Waals surface area contributed by atoms with Gasteiger partial charge in [0.15, 0.2) is 0 Å². The predicted molar refractivity (Wildman–Crippen MR) is 120 cm³/mol. The Hall–Kier alpha value is -3.36. The molecule has 0 aliphatic carbocycles. The van der Waals surface area contributed by atoms with Gasteiger partial charge in [0, 0.05) is 45.1 Å². The Morgan fingerprint density at radius 3 is 2.55 bits per heavy atom. The Morgan fingerprint density at radius 1 is 1.06 bits per heavy atom. The van der Waals surface area contributed by atoms with E-state index in [1.54, 1.807) is 12.4 Å². The standard InChI is InChI=1S/C23H27N7O/c1-29(2)23-25-14-18(19-10-6-7-12-24-19)21(27-23)16-30(15-17-8-4-3-5-9-17)22(31)20-11-13-26-28-20/h3-10,12,14,20,26,28H,11,13,15-16H2,1-2H3. The van der Waals surface area contributed by atoms with Crippen molar-refractivity contribution in [2.45, 2.75) is 25.6 Å². The summed E-state index contributed by atoms with van der Waals surface area (Å²) in [6.45, 7) is 1.63. The van der Waals surface area contributed by atoms with Crippen LogP contribution in [0.1, 0.15) is 17.7 Å². The van der Waals surface area contributed by atoms with E-state index in [4.69, 9.17) is 4.98 Å². The topological polar surface area (TPSA) is 86.3 Å². The van der Waals surface area contributed by atoms with Crippen LogP contribution in [0, 0.1) is 0 Å². The SMILES string of the molecule is CN(C)c1ncc(-c2ccccn2)c(CN(Cc2ccccc2)C(=O)C2CCNN2)n1. The van der Waals surface area contributed by atoms with Crippen molar-refractivity contribution >= 4 is 11.9 Å². The Morgan fingerprint density at radius 2 is 1.87 bits per heavy atom. The van der Waals surface area contributed by atoms with Crippen LogP contribution in [0.3, 0.4) is 0 Å². The van der Waals surface area contributed by atoms with Gasteiger partial charge in [-0.3, -0.25) is 15.2 Å². The van der Waals surface area contributed by atoms with Gasteiger partial charge < -0.3 is 9.80 Å². The molecule has 1 fully saturated rings. The zero-order valence-corrected chi connectivity index (χ0v) is 17.8. The summed E-state index contributed by atoms with van der Waals surface area (Å²) in [5, 5.41) is 0. The minimum absolute atomic E-state index is 0.0471. The third-order valence-corrected chi connectivity index (χ3v) is 5.20. The van der Waals surface area contributed by atoms with Crippen molar-refractivity contribution in [1.82, 2.24) is 30.7 Å². The van der Waals surface area contributed by atoms with E-state index in [9.17, 15) is 4.79 Å². The van der Waals surface area contributed by atoms with Gasteiger partial charge in [0.25, 0.3) is 0 Å². The van der Waals surface area contributed by atoms with Crippen molar-refractivity contribution in [3.05, 3.63) is 72.2 Å². The second kappa shape index (κ2) is 9.63. The highest BCUT2D eigenvalue weighted by Crippen LogP contribution is 2.24. The third-order valence-electron chi connectivity index (χ3n) is 5.20. The predicted octanol–water partition coefficient (Wildman–Crippen LogP) is 2.00. The Labute approximate surface area is 182 Å². The normalized spacial score (nSPS) is 15.6. The number of nitrogens with one attached hydrogen (secondary N) is 2. The average Bonchev–Trinajstić information content (AvgIpc) is 3.34. The van der Waals surface area contributed by atoms with Gasteiger partial charge in [0.05, 0.1) is 17.9 Å². The number of pyridine rings is 1. The molecule has 3 aromatic rings. The molecule has 4 rings (SSSR count). The molecule has 1 aliphatic heterocycles. The highest BCUT2D eigenvalue weighted by atomic mass is 16.2. The molecule has 0 radical (unpaired) electrons. The monoisotopic (exact) mass is 417 g/mol. The molecule has 31 heavy (non-hydrogen) atoms. The van der Waals surface area contributed by atoms with E-state index in [1.165, 1.54) is 0 Å². The number of amides is 1. The molecular weight excluding hydrogens is 390 g/mol. The molecule has 0 saturated carbocycles. The van der Waals surface area contributed by atoms with Gasteiger partial charge in [0.1, 0.15) is 6.04 Å². The molecular formula is C23H27N7O. The first kappa shape index (κ1) is 20.9. The number of carbonyl (C=O) groups excluding carboxylic acids is 1. The number of hydrazine groups is 1.